The molecule has 0 saturated heterocycles. The van der Waals surface area contributed by atoms with Crippen LogP contribution in [0.1, 0.15) is 22.7 Å². The third-order valence-electron chi connectivity index (χ3n) is 4.11. The van der Waals surface area contributed by atoms with Crippen molar-refractivity contribution in [3.05, 3.63) is 65.2 Å². The topological polar surface area (TPSA) is 66.5 Å². The van der Waals surface area contributed by atoms with Gasteiger partial charge in [-0.25, -0.2) is 8.42 Å². The number of rotatable bonds is 5. The standard InChI is InChI=1S/C18H22N2O3S/c1-13-9-8-12-16(14(13)2)19-18(21)17(20(3)24(4,22)23)15-10-6-5-7-11-15/h5-12,17H,1-4H3,(H,19,21)/t17-/m0/s1. The summed E-state index contributed by atoms with van der Waals surface area (Å²) in [6.07, 6.45) is 1.09. The normalized spacial score (nSPS) is 12.9. The minimum Gasteiger partial charge on any atom is -0.324 e. The number of nitrogens with one attached hydrogen (secondary N) is 1. The number of benzene rings is 2. The average molecular weight is 346 g/mol. The molecule has 0 radical (unpaired) electrons. The first-order chi connectivity index (χ1) is 11.2. The van der Waals surface area contributed by atoms with Gasteiger partial charge in [-0.15, -0.1) is 0 Å². The van der Waals surface area contributed by atoms with Crippen LogP contribution in [0.5, 0.6) is 0 Å². The number of carbonyl (C=O) groups excluding carboxylic acids is 1. The molecule has 1 atom stereocenters. The van der Waals surface area contributed by atoms with Gasteiger partial charge >= 0.3 is 0 Å². The van der Waals surface area contributed by atoms with E-state index in [-0.39, 0.29) is 5.91 Å². The van der Waals surface area contributed by atoms with Crippen LogP contribution in [0.4, 0.5) is 5.69 Å². The molecule has 1 N–H and O–H groups in total. The Morgan fingerprint density at radius 2 is 1.67 bits per heavy atom. The summed E-state index contributed by atoms with van der Waals surface area (Å²) in [5, 5.41) is 2.86. The van der Waals surface area contributed by atoms with Crippen molar-refractivity contribution in [1.29, 1.82) is 0 Å². The molecule has 0 aliphatic rings. The van der Waals surface area contributed by atoms with Crippen molar-refractivity contribution >= 4 is 21.6 Å². The Balaban J connectivity index is 2.40. The van der Waals surface area contributed by atoms with Crippen LogP contribution in [0.25, 0.3) is 0 Å². The van der Waals surface area contributed by atoms with Crippen LogP contribution in [-0.4, -0.2) is 31.9 Å². The fourth-order valence-corrected chi connectivity index (χ4v) is 3.04. The van der Waals surface area contributed by atoms with Crippen LogP contribution in [0.15, 0.2) is 48.5 Å². The van der Waals surface area contributed by atoms with Crippen LogP contribution >= 0.6 is 0 Å². The van der Waals surface area contributed by atoms with Gasteiger partial charge < -0.3 is 5.32 Å². The molecule has 0 spiro atoms. The number of hydrogen-bond donors (Lipinski definition) is 1. The van der Waals surface area contributed by atoms with Crippen molar-refractivity contribution in [3.8, 4) is 0 Å². The molecular weight excluding hydrogens is 324 g/mol. The Kier molecular flexibility index (Phi) is 5.41. The summed E-state index contributed by atoms with van der Waals surface area (Å²) in [7, 11) is -2.12. The lowest BCUT2D eigenvalue weighted by Gasteiger charge is -2.26. The second kappa shape index (κ2) is 7.15. The lowest BCUT2D eigenvalue weighted by atomic mass is 10.0. The highest BCUT2D eigenvalue weighted by atomic mass is 32.2. The van der Waals surface area contributed by atoms with E-state index in [2.05, 4.69) is 5.32 Å². The van der Waals surface area contributed by atoms with Gasteiger partial charge in [-0.3, -0.25) is 4.79 Å². The maximum Gasteiger partial charge on any atom is 0.247 e. The summed E-state index contributed by atoms with van der Waals surface area (Å²) in [6, 6.07) is 13.6. The molecule has 5 nitrogen and oxygen atoms in total. The third kappa shape index (κ3) is 4.01. The first kappa shape index (κ1) is 18.2. The van der Waals surface area contributed by atoms with Gasteiger partial charge in [-0.2, -0.15) is 4.31 Å². The maximum absolute atomic E-state index is 12.8. The minimum absolute atomic E-state index is 0.386. The molecule has 2 rings (SSSR count). The van der Waals surface area contributed by atoms with Crippen molar-refractivity contribution in [1.82, 2.24) is 4.31 Å². The second-order valence-electron chi connectivity index (χ2n) is 5.83. The number of anilines is 1. The zero-order valence-corrected chi connectivity index (χ0v) is 15.1. The van der Waals surface area contributed by atoms with Gasteiger partial charge in [-0.05, 0) is 36.6 Å². The average Bonchev–Trinajstić information content (AvgIpc) is 2.52. The molecule has 2 aromatic rings. The van der Waals surface area contributed by atoms with Gasteiger partial charge in [0.25, 0.3) is 0 Å². The van der Waals surface area contributed by atoms with Gasteiger partial charge in [0.1, 0.15) is 6.04 Å². The molecule has 0 fully saturated rings. The Morgan fingerprint density at radius 1 is 1.04 bits per heavy atom. The van der Waals surface area contributed by atoms with Crippen LogP contribution in [0, 0.1) is 13.8 Å². The third-order valence-corrected chi connectivity index (χ3v) is 5.37. The number of likely N-dealkylation sites (N-methyl/N-ethyl adjacent to an activating group) is 1. The number of amides is 1. The van der Waals surface area contributed by atoms with E-state index in [4.69, 9.17) is 0 Å². The zero-order chi connectivity index (χ0) is 17.9. The summed E-state index contributed by atoms with van der Waals surface area (Å²) in [5.74, 6) is -0.386. The molecule has 128 valence electrons. The largest absolute Gasteiger partial charge is 0.324 e. The summed E-state index contributed by atoms with van der Waals surface area (Å²) in [5.41, 5.74) is 3.32. The number of nitrogens with zero attached hydrogens (tertiary/aromatic N) is 1. The molecule has 0 bridgehead atoms. The van der Waals surface area contributed by atoms with Crippen LogP contribution < -0.4 is 5.32 Å². The molecule has 24 heavy (non-hydrogen) atoms. The number of aryl methyl sites for hydroxylation is 1. The smallest absolute Gasteiger partial charge is 0.247 e. The lowest BCUT2D eigenvalue weighted by molar-refractivity contribution is -0.119. The molecule has 6 heteroatoms. The predicted octanol–water partition coefficient (Wildman–Crippen LogP) is 2.87. The monoisotopic (exact) mass is 346 g/mol. The highest BCUT2D eigenvalue weighted by Crippen LogP contribution is 2.25. The SMILES string of the molecule is Cc1cccc(NC(=O)[C@H](c2ccccc2)N(C)S(C)(=O)=O)c1C. The van der Waals surface area contributed by atoms with Gasteiger partial charge in [0.05, 0.1) is 6.26 Å². The molecule has 0 heterocycles. The van der Waals surface area contributed by atoms with Gasteiger partial charge in [-0.1, -0.05) is 42.5 Å². The zero-order valence-electron chi connectivity index (χ0n) is 14.3. The van der Waals surface area contributed by atoms with E-state index >= 15 is 0 Å². The quantitative estimate of drug-likeness (QED) is 0.905. The van der Waals surface area contributed by atoms with Crippen LogP contribution in [0.2, 0.25) is 0 Å². The molecular formula is C18H22N2O3S. The summed E-state index contributed by atoms with van der Waals surface area (Å²) >= 11 is 0. The van der Waals surface area contributed by atoms with Crippen molar-refractivity contribution < 1.29 is 13.2 Å². The Bertz CT molecular complexity index is 833. The van der Waals surface area contributed by atoms with Crippen LogP contribution in [-0.2, 0) is 14.8 Å². The van der Waals surface area contributed by atoms with E-state index in [1.807, 2.05) is 38.1 Å². The fourth-order valence-electron chi connectivity index (χ4n) is 2.44. The first-order valence-electron chi connectivity index (χ1n) is 7.57. The minimum atomic E-state index is -3.53. The number of hydrogen-bond acceptors (Lipinski definition) is 3. The summed E-state index contributed by atoms with van der Waals surface area (Å²) < 4.78 is 25.0. The first-order valence-corrected chi connectivity index (χ1v) is 9.41. The van der Waals surface area contributed by atoms with Crippen molar-refractivity contribution in [2.45, 2.75) is 19.9 Å². The molecule has 0 aliphatic carbocycles. The van der Waals surface area contributed by atoms with Gasteiger partial charge in [0.2, 0.25) is 15.9 Å². The molecule has 0 saturated carbocycles. The molecule has 1 amide bonds. The highest BCUT2D eigenvalue weighted by Gasteiger charge is 2.30. The Hall–Kier alpha value is -2.18. The maximum atomic E-state index is 12.8. The van der Waals surface area contributed by atoms with E-state index in [1.54, 1.807) is 24.3 Å². The molecule has 2 aromatic carbocycles. The van der Waals surface area contributed by atoms with Gasteiger partial charge in [0, 0.05) is 12.7 Å². The Morgan fingerprint density at radius 3 is 2.25 bits per heavy atom. The van der Waals surface area contributed by atoms with Crippen LogP contribution in [0.3, 0.4) is 0 Å². The number of sulfonamides is 1. The summed E-state index contributed by atoms with van der Waals surface area (Å²) in [6.45, 7) is 3.88. The second-order valence-corrected chi connectivity index (χ2v) is 7.87. The number of carbonyl (C=O) groups is 1. The van der Waals surface area contributed by atoms with Gasteiger partial charge in [0.15, 0.2) is 0 Å². The van der Waals surface area contributed by atoms with E-state index in [9.17, 15) is 13.2 Å². The fraction of sp³-hybridized carbons (Fsp3) is 0.278. The molecule has 0 unspecified atom stereocenters. The molecule has 0 aliphatic heterocycles. The van der Waals surface area contributed by atoms with E-state index < -0.39 is 16.1 Å². The summed E-state index contributed by atoms with van der Waals surface area (Å²) in [4.78, 5) is 12.8. The Labute approximate surface area is 143 Å². The van der Waals surface area contributed by atoms with Crippen molar-refractivity contribution in [3.63, 3.8) is 0 Å². The van der Waals surface area contributed by atoms with Crippen molar-refractivity contribution in [2.24, 2.45) is 0 Å². The predicted molar refractivity (Wildman–Crippen MR) is 96.3 cm³/mol. The van der Waals surface area contributed by atoms with Crippen molar-refractivity contribution in [2.75, 3.05) is 18.6 Å². The van der Waals surface area contributed by atoms with E-state index in [0.29, 0.717) is 11.3 Å². The van der Waals surface area contributed by atoms with E-state index in [1.165, 1.54) is 7.05 Å². The molecule has 0 aromatic heterocycles. The highest BCUT2D eigenvalue weighted by molar-refractivity contribution is 7.88. The lowest BCUT2D eigenvalue weighted by Crippen LogP contribution is -2.38. The van der Waals surface area contributed by atoms with E-state index in [0.717, 1.165) is 21.7 Å².